The number of nitrogens with one attached hydrogen (secondary N) is 1. The van der Waals surface area contributed by atoms with E-state index in [0.717, 1.165) is 37.5 Å². The normalized spacial score (nSPS) is 17.1. The Labute approximate surface area is 83.5 Å². The summed E-state index contributed by atoms with van der Waals surface area (Å²) in [6.07, 6.45) is 6.55. The molecule has 2 heterocycles. The number of hydrogen-bond donors (Lipinski definition) is 1. The fraction of sp³-hybridized carbons (Fsp3) is 0.500. The highest BCUT2D eigenvalue weighted by molar-refractivity contribution is 5.79. The average Bonchev–Trinajstić information content (AvgIpc) is 2.23. The molecule has 0 atom stereocenters. The molecule has 0 unspecified atom stereocenters. The zero-order valence-electron chi connectivity index (χ0n) is 8.11. The predicted molar refractivity (Wildman–Crippen MR) is 54.0 cm³/mol. The Bertz CT molecular complexity index is 309. The lowest BCUT2D eigenvalue weighted by Gasteiger charge is -2.28. The minimum absolute atomic E-state index is 0.745. The lowest BCUT2D eigenvalue weighted by Crippen LogP contribution is -2.34. The van der Waals surface area contributed by atoms with Crippen molar-refractivity contribution in [2.45, 2.75) is 25.8 Å². The van der Waals surface area contributed by atoms with Crippen LogP contribution in [-0.4, -0.2) is 27.2 Å². The smallest absolute Gasteiger partial charge is 0.115 e. The second-order valence-electron chi connectivity index (χ2n) is 3.53. The van der Waals surface area contributed by atoms with E-state index in [9.17, 15) is 0 Å². The minimum atomic E-state index is 0.745. The van der Waals surface area contributed by atoms with Gasteiger partial charge in [-0.05, 0) is 18.9 Å². The van der Waals surface area contributed by atoms with Gasteiger partial charge in [0.15, 0.2) is 0 Å². The van der Waals surface area contributed by atoms with E-state index >= 15 is 0 Å². The molecule has 1 aromatic rings. The second kappa shape index (κ2) is 4.17. The quantitative estimate of drug-likeness (QED) is 0.767. The highest BCUT2D eigenvalue weighted by Gasteiger charge is 2.14. The highest BCUT2D eigenvalue weighted by Crippen LogP contribution is 2.12. The zero-order chi connectivity index (χ0) is 9.80. The van der Waals surface area contributed by atoms with Crippen molar-refractivity contribution in [2.75, 3.05) is 6.54 Å². The van der Waals surface area contributed by atoms with Crippen LogP contribution in [0.15, 0.2) is 18.6 Å². The van der Waals surface area contributed by atoms with E-state index in [1.807, 2.05) is 6.07 Å². The summed E-state index contributed by atoms with van der Waals surface area (Å²) in [4.78, 5) is 10.1. The molecule has 1 fully saturated rings. The van der Waals surface area contributed by atoms with Crippen molar-refractivity contribution >= 4 is 5.84 Å². The van der Waals surface area contributed by atoms with Crippen LogP contribution < -0.4 is 0 Å². The van der Waals surface area contributed by atoms with Gasteiger partial charge in [0.05, 0.1) is 18.1 Å². The summed E-state index contributed by atoms with van der Waals surface area (Å²) in [5, 5.41) is 7.78. The molecule has 4 heteroatoms. The molecule has 4 nitrogen and oxygen atoms in total. The van der Waals surface area contributed by atoms with Crippen LogP contribution in [-0.2, 0) is 6.54 Å². The van der Waals surface area contributed by atoms with Crippen molar-refractivity contribution < 1.29 is 0 Å². The fourth-order valence-electron chi connectivity index (χ4n) is 1.67. The zero-order valence-corrected chi connectivity index (χ0v) is 8.11. The first-order valence-corrected chi connectivity index (χ1v) is 4.93. The van der Waals surface area contributed by atoms with Crippen LogP contribution in [0.1, 0.15) is 25.0 Å². The van der Waals surface area contributed by atoms with E-state index in [1.165, 1.54) is 6.42 Å². The molecule has 0 aromatic carbocycles. The molecule has 0 bridgehead atoms. The SMILES string of the molecule is N=C1CCCCN1Cc1ccncn1. The molecule has 1 aromatic heterocycles. The number of amidine groups is 1. The number of piperidine rings is 1. The molecule has 1 saturated heterocycles. The molecule has 0 aliphatic carbocycles. The molecule has 14 heavy (non-hydrogen) atoms. The molecule has 1 aliphatic heterocycles. The van der Waals surface area contributed by atoms with Gasteiger partial charge in [-0.2, -0.15) is 0 Å². The topological polar surface area (TPSA) is 52.9 Å². The summed E-state index contributed by atoms with van der Waals surface area (Å²) in [5.41, 5.74) is 0.992. The lowest BCUT2D eigenvalue weighted by molar-refractivity contribution is 0.357. The van der Waals surface area contributed by atoms with Gasteiger partial charge in [-0.15, -0.1) is 0 Å². The van der Waals surface area contributed by atoms with Gasteiger partial charge in [-0.25, -0.2) is 9.97 Å². The molecule has 1 aliphatic rings. The Balaban J connectivity index is 2.00. The molecule has 0 spiro atoms. The van der Waals surface area contributed by atoms with Gasteiger partial charge in [0, 0.05) is 19.2 Å². The van der Waals surface area contributed by atoms with E-state index in [4.69, 9.17) is 5.41 Å². The fourth-order valence-corrected chi connectivity index (χ4v) is 1.67. The number of rotatable bonds is 2. The summed E-state index contributed by atoms with van der Waals surface area (Å²) in [5.74, 6) is 0.745. The Kier molecular flexibility index (Phi) is 2.72. The van der Waals surface area contributed by atoms with Crippen molar-refractivity contribution in [1.82, 2.24) is 14.9 Å². The van der Waals surface area contributed by atoms with Gasteiger partial charge in [0.25, 0.3) is 0 Å². The van der Waals surface area contributed by atoms with E-state index < -0.39 is 0 Å². The summed E-state index contributed by atoms with van der Waals surface area (Å²) < 4.78 is 0. The molecule has 0 radical (unpaired) electrons. The summed E-state index contributed by atoms with van der Waals surface area (Å²) in [6.45, 7) is 1.74. The van der Waals surface area contributed by atoms with E-state index in [1.54, 1.807) is 12.5 Å². The monoisotopic (exact) mass is 190 g/mol. The van der Waals surface area contributed by atoms with Crippen LogP contribution in [0.2, 0.25) is 0 Å². The van der Waals surface area contributed by atoms with Gasteiger partial charge in [-0.3, -0.25) is 5.41 Å². The lowest BCUT2D eigenvalue weighted by atomic mass is 10.1. The Hall–Kier alpha value is -1.45. The second-order valence-corrected chi connectivity index (χ2v) is 3.53. The maximum absolute atomic E-state index is 7.78. The number of aromatic nitrogens is 2. The predicted octanol–water partition coefficient (Wildman–Crippen LogP) is 1.44. The third-order valence-corrected chi connectivity index (χ3v) is 2.47. The van der Waals surface area contributed by atoms with Gasteiger partial charge < -0.3 is 4.90 Å². The summed E-state index contributed by atoms with van der Waals surface area (Å²) >= 11 is 0. The number of likely N-dealkylation sites (tertiary alicyclic amines) is 1. The molecule has 1 N–H and O–H groups in total. The van der Waals surface area contributed by atoms with Crippen LogP contribution in [0.4, 0.5) is 0 Å². The highest BCUT2D eigenvalue weighted by atomic mass is 15.2. The van der Waals surface area contributed by atoms with E-state index in [-0.39, 0.29) is 0 Å². The van der Waals surface area contributed by atoms with Crippen LogP contribution in [0.3, 0.4) is 0 Å². The Morgan fingerprint density at radius 1 is 1.43 bits per heavy atom. The molecule has 0 amide bonds. The van der Waals surface area contributed by atoms with Crippen LogP contribution in [0.25, 0.3) is 0 Å². The Morgan fingerprint density at radius 3 is 3.07 bits per heavy atom. The first kappa shape index (κ1) is 9.12. The van der Waals surface area contributed by atoms with Gasteiger partial charge >= 0.3 is 0 Å². The largest absolute Gasteiger partial charge is 0.355 e. The van der Waals surface area contributed by atoms with Crippen LogP contribution in [0, 0.1) is 5.41 Å². The van der Waals surface area contributed by atoms with Crippen LogP contribution in [0.5, 0.6) is 0 Å². The maximum Gasteiger partial charge on any atom is 0.115 e. The minimum Gasteiger partial charge on any atom is -0.355 e. The van der Waals surface area contributed by atoms with Crippen LogP contribution >= 0.6 is 0 Å². The number of nitrogens with zero attached hydrogens (tertiary/aromatic N) is 3. The first-order valence-electron chi connectivity index (χ1n) is 4.93. The molecule has 74 valence electrons. The third-order valence-electron chi connectivity index (χ3n) is 2.47. The Morgan fingerprint density at radius 2 is 2.36 bits per heavy atom. The van der Waals surface area contributed by atoms with Gasteiger partial charge in [-0.1, -0.05) is 0 Å². The summed E-state index contributed by atoms with van der Waals surface area (Å²) in [7, 11) is 0. The third kappa shape index (κ3) is 2.07. The van der Waals surface area contributed by atoms with Crippen molar-refractivity contribution in [3.05, 3.63) is 24.3 Å². The summed E-state index contributed by atoms with van der Waals surface area (Å²) in [6, 6.07) is 1.90. The van der Waals surface area contributed by atoms with Gasteiger partial charge in [0.2, 0.25) is 0 Å². The maximum atomic E-state index is 7.78. The molecular weight excluding hydrogens is 176 g/mol. The number of hydrogen-bond acceptors (Lipinski definition) is 3. The molecule has 2 rings (SSSR count). The average molecular weight is 190 g/mol. The van der Waals surface area contributed by atoms with E-state index in [0.29, 0.717) is 0 Å². The van der Waals surface area contributed by atoms with Crippen molar-refractivity contribution in [3.8, 4) is 0 Å². The van der Waals surface area contributed by atoms with Crippen molar-refractivity contribution in [1.29, 1.82) is 5.41 Å². The molecule has 0 saturated carbocycles. The first-order chi connectivity index (χ1) is 6.86. The van der Waals surface area contributed by atoms with Gasteiger partial charge in [0.1, 0.15) is 6.33 Å². The van der Waals surface area contributed by atoms with E-state index in [2.05, 4.69) is 14.9 Å². The standard InChI is InChI=1S/C10H14N4/c11-10-3-1-2-6-14(10)7-9-4-5-12-8-13-9/h4-5,8,11H,1-3,6-7H2. The molecular formula is C10H14N4. The van der Waals surface area contributed by atoms with Crippen molar-refractivity contribution in [2.24, 2.45) is 0 Å². The van der Waals surface area contributed by atoms with Crippen molar-refractivity contribution in [3.63, 3.8) is 0 Å².